The van der Waals surface area contributed by atoms with Gasteiger partial charge in [-0.3, -0.25) is 14.7 Å². The number of aliphatic imine (C=N–C) groups is 1. The first-order valence-corrected chi connectivity index (χ1v) is 9.78. The molecule has 1 aliphatic rings. The predicted molar refractivity (Wildman–Crippen MR) is 125 cm³/mol. The Bertz CT molecular complexity index is 771. The molecule has 0 spiro atoms. The normalized spacial score (nSPS) is 16.0. The molecular formula is C21H30IN5O2. The molecule has 1 aliphatic heterocycles. The summed E-state index contributed by atoms with van der Waals surface area (Å²) in [5, 5.41) is 6.73. The molecule has 8 heteroatoms. The van der Waals surface area contributed by atoms with E-state index in [0.29, 0.717) is 18.7 Å². The summed E-state index contributed by atoms with van der Waals surface area (Å²) < 4.78 is 5.69. The second kappa shape index (κ2) is 11.8. The molecule has 1 amide bonds. The van der Waals surface area contributed by atoms with Crippen molar-refractivity contribution in [3.63, 3.8) is 0 Å². The van der Waals surface area contributed by atoms with Crippen LogP contribution in [0, 0.1) is 0 Å². The fourth-order valence-electron chi connectivity index (χ4n) is 3.51. The van der Waals surface area contributed by atoms with Crippen molar-refractivity contribution in [1.29, 1.82) is 0 Å². The standard InChI is InChI=1S/C21H29N5O2.HI/c1-23-21(24-14-16-7-9-17(10-8-16)20(22)27)25-15-18(19-6-5-13-28-19)26-11-3-2-4-12-26;/h5-10,13,18H,2-4,11-12,14-15H2,1H3,(H2,22,27)(H2,23,24,25);1H. The summed E-state index contributed by atoms with van der Waals surface area (Å²) in [6, 6.07) is 11.4. The molecule has 4 N–H and O–H groups in total. The fraction of sp³-hybridized carbons (Fsp3) is 0.429. The van der Waals surface area contributed by atoms with Crippen molar-refractivity contribution in [3.05, 3.63) is 59.5 Å². The van der Waals surface area contributed by atoms with Crippen molar-refractivity contribution < 1.29 is 9.21 Å². The van der Waals surface area contributed by atoms with E-state index in [1.807, 2.05) is 24.3 Å². The van der Waals surface area contributed by atoms with Gasteiger partial charge in [0, 0.05) is 25.7 Å². The number of carbonyl (C=O) groups is 1. The molecule has 7 nitrogen and oxygen atoms in total. The summed E-state index contributed by atoms with van der Waals surface area (Å²) in [4.78, 5) is 18.0. The monoisotopic (exact) mass is 511 g/mol. The minimum atomic E-state index is -0.418. The molecular weight excluding hydrogens is 481 g/mol. The van der Waals surface area contributed by atoms with Gasteiger partial charge in [0.25, 0.3) is 0 Å². The Morgan fingerprint density at radius 1 is 1.17 bits per heavy atom. The SMILES string of the molecule is CN=C(NCc1ccc(C(N)=O)cc1)NCC(c1ccco1)N1CCCCC1.I. The number of guanidine groups is 1. The summed E-state index contributed by atoms with van der Waals surface area (Å²) in [7, 11) is 1.76. The summed E-state index contributed by atoms with van der Waals surface area (Å²) in [5.74, 6) is 1.29. The van der Waals surface area contributed by atoms with Crippen LogP contribution in [0.15, 0.2) is 52.1 Å². The molecule has 1 aromatic heterocycles. The molecule has 3 rings (SSSR count). The number of hydrogen-bond donors (Lipinski definition) is 3. The van der Waals surface area contributed by atoms with Crippen molar-refractivity contribution in [1.82, 2.24) is 15.5 Å². The van der Waals surface area contributed by atoms with Crippen LogP contribution in [0.3, 0.4) is 0 Å². The predicted octanol–water partition coefficient (Wildman–Crippen LogP) is 2.89. The second-order valence-corrected chi connectivity index (χ2v) is 7.00. The number of nitrogens with two attached hydrogens (primary N) is 1. The van der Waals surface area contributed by atoms with E-state index in [1.54, 1.807) is 25.4 Å². The molecule has 158 valence electrons. The summed E-state index contributed by atoms with van der Waals surface area (Å²) >= 11 is 0. The Kier molecular flexibility index (Phi) is 9.46. The number of amides is 1. The topological polar surface area (TPSA) is 95.9 Å². The number of likely N-dealkylation sites (tertiary alicyclic amines) is 1. The van der Waals surface area contributed by atoms with E-state index in [-0.39, 0.29) is 30.0 Å². The smallest absolute Gasteiger partial charge is 0.248 e. The fourth-order valence-corrected chi connectivity index (χ4v) is 3.51. The Morgan fingerprint density at radius 2 is 1.90 bits per heavy atom. The van der Waals surface area contributed by atoms with Gasteiger partial charge in [-0.1, -0.05) is 18.6 Å². The summed E-state index contributed by atoms with van der Waals surface area (Å²) in [6.45, 7) is 3.50. The molecule has 2 heterocycles. The third kappa shape index (κ3) is 6.74. The van der Waals surface area contributed by atoms with Crippen LogP contribution in [0.1, 0.15) is 47.0 Å². The minimum Gasteiger partial charge on any atom is -0.468 e. The number of hydrogen-bond acceptors (Lipinski definition) is 4. The maximum Gasteiger partial charge on any atom is 0.248 e. The van der Waals surface area contributed by atoms with E-state index in [1.165, 1.54) is 19.3 Å². The molecule has 1 saturated heterocycles. The zero-order chi connectivity index (χ0) is 19.8. The largest absolute Gasteiger partial charge is 0.468 e. The number of benzene rings is 1. The van der Waals surface area contributed by atoms with Crippen LogP contribution in [0.5, 0.6) is 0 Å². The van der Waals surface area contributed by atoms with E-state index < -0.39 is 5.91 Å². The maximum atomic E-state index is 11.2. The third-order valence-electron chi connectivity index (χ3n) is 5.09. The average Bonchev–Trinajstić information content (AvgIpc) is 3.26. The number of carbonyl (C=O) groups excluding carboxylic acids is 1. The Morgan fingerprint density at radius 3 is 2.48 bits per heavy atom. The van der Waals surface area contributed by atoms with Crippen molar-refractivity contribution in [2.45, 2.75) is 31.8 Å². The highest BCUT2D eigenvalue weighted by Gasteiger charge is 2.24. The van der Waals surface area contributed by atoms with E-state index in [0.717, 1.165) is 30.4 Å². The lowest BCUT2D eigenvalue weighted by Crippen LogP contribution is -2.44. The van der Waals surface area contributed by atoms with E-state index in [2.05, 4.69) is 20.5 Å². The van der Waals surface area contributed by atoms with Crippen molar-refractivity contribution in [2.75, 3.05) is 26.7 Å². The van der Waals surface area contributed by atoms with Gasteiger partial charge in [0.2, 0.25) is 5.91 Å². The maximum absolute atomic E-state index is 11.2. The van der Waals surface area contributed by atoms with Gasteiger partial charge in [0.05, 0.1) is 12.3 Å². The number of halogens is 1. The van der Waals surface area contributed by atoms with Gasteiger partial charge in [-0.25, -0.2) is 0 Å². The molecule has 0 saturated carbocycles. The van der Waals surface area contributed by atoms with Gasteiger partial charge < -0.3 is 20.8 Å². The average molecular weight is 511 g/mol. The molecule has 0 bridgehead atoms. The van der Waals surface area contributed by atoms with Gasteiger partial charge in [-0.15, -0.1) is 24.0 Å². The lowest BCUT2D eigenvalue weighted by Gasteiger charge is -2.33. The van der Waals surface area contributed by atoms with E-state index >= 15 is 0 Å². The van der Waals surface area contributed by atoms with Crippen LogP contribution in [-0.2, 0) is 6.54 Å². The van der Waals surface area contributed by atoms with Crippen LogP contribution in [0.2, 0.25) is 0 Å². The van der Waals surface area contributed by atoms with Gasteiger partial charge in [0.15, 0.2) is 5.96 Å². The van der Waals surface area contributed by atoms with Crippen molar-refractivity contribution in [3.8, 4) is 0 Å². The Labute approximate surface area is 189 Å². The highest BCUT2D eigenvalue weighted by atomic mass is 127. The molecule has 1 aromatic carbocycles. The number of piperidine rings is 1. The highest BCUT2D eigenvalue weighted by molar-refractivity contribution is 14.0. The van der Waals surface area contributed by atoms with Gasteiger partial charge >= 0.3 is 0 Å². The Hall–Kier alpha value is -2.07. The van der Waals surface area contributed by atoms with Crippen LogP contribution in [-0.4, -0.2) is 43.4 Å². The van der Waals surface area contributed by atoms with Gasteiger partial charge in [0.1, 0.15) is 5.76 Å². The minimum absolute atomic E-state index is 0. The molecule has 2 aromatic rings. The van der Waals surface area contributed by atoms with Crippen LogP contribution < -0.4 is 16.4 Å². The highest BCUT2D eigenvalue weighted by Crippen LogP contribution is 2.24. The third-order valence-corrected chi connectivity index (χ3v) is 5.09. The molecule has 29 heavy (non-hydrogen) atoms. The van der Waals surface area contributed by atoms with E-state index in [9.17, 15) is 4.79 Å². The molecule has 0 radical (unpaired) electrons. The summed E-state index contributed by atoms with van der Waals surface area (Å²) in [5.41, 5.74) is 6.84. The summed E-state index contributed by atoms with van der Waals surface area (Å²) in [6.07, 6.45) is 5.48. The number of furan rings is 1. The van der Waals surface area contributed by atoms with Crippen molar-refractivity contribution in [2.24, 2.45) is 10.7 Å². The number of primary amides is 1. The molecule has 1 unspecified atom stereocenters. The van der Waals surface area contributed by atoms with Crippen molar-refractivity contribution >= 4 is 35.8 Å². The number of nitrogens with zero attached hydrogens (tertiary/aromatic N) is 2. The lowest BCUT2D eigenvalue weighted by atomic mass is 10.1. The first-order valence-electron chi connectivity index (χ1n) is 9.78. The van der Waals surface area contributed by atoms with E-state index in [4.69, 9.17) is 10.2 Å². The van der Waals surface area contributed by atoms with Crippen LogP contribution in [0.4, 0.5) is 0 Å². The number of rotatable bonds is 7. The molecule has 1 atom stereocenters. The Balaban J connectivity index is 0.00000300. The first-order chi connectivity index (χ1) is 13.7. The zero-order valence-corrected chi connectivity index (χ0v) is 19.1. The quantitative estimate of drug-likeness (QED) is 0.302. The second-order valence-electron chi connectivity index (χ2n) is 7.00. The first kappa shape index (κ1) is 23.2. The van der Waals surface area contributed by atoms with Crippen LogP contribution in [0.25, 0.3) is 0 Å². The number of nitrogens with one attached hydrogen (secondary N) is 2. The van der Waals surface area contributed by atoms with Crippen LogP contribution >= 0.6 is 24.0 Å². The lowest BCUT2D eigenvalue weighted by molar-refractivity contribution is 0.100. The zero-order valence-electron chi connectivity index (χ0n) is 16.8. The van der Waals surface area contributed by atoms with Gasteiger partial charge in [-0.2, -0.15) is 0 Å². The molecule has 1 fully saturated rings. The molecule has 0 aliphatic carbocycles. The van der Waals surface area contributed by atoms with Gasteiger partial charge in [-0.05, 0) is 55.8 Å².